The molecule has 2 N–H and O–H groups in total. The van der Waals surface area contributed by atoms with Crippen molar-refractivity contribution < 1.29 is 12.8 Å². The lowest BCUT2D eigenvalue weighted by Gasteiger charge is -2.16. The van der Waals surface area contributed by atoms with Crippen molar-refractivity contribution in [3.8, 4) is 0 Å². The van der Waals surface area contributed by atoms with Crippen LogP contribution in [0.5, 0.6) is 0 Å². The van der Waals surface area contributed by atoms with Gasteiger partial charge in [-0.05, 0) is 67.9 Å². The molecule has 2 atom stereocenters. The van der Waals surface area contributed by atoms with Crippen molar-refractivity contribution in [2.24, 2.45) is 0 Å². The number of hydrogen-bond acceptors (Lipinski definition) is 4. The average molecular weight is 346 g/mol. The molecule has 0 saturated carbocycles. The Hall–Kier alpha value is -1.92. The van der Waals surface area contributed by atoms with Crippen LogP contribution in [0, 0.1) is 5.82 Å². The van der Waals surface area contributed by atoms with Crippen LogP contribution < -0.4 is 10.6 Å². The van der Waals surface area contributed by atoms with Crippen LogP contribution in [0.15, 0.2) is 52.3 Å². The number of fused-ring (bicyclic) bond motifs is 3. The number of hydrogen-bond donors (Lipinski definition) is 2. The van der Waals surface area contributed by atoms with Crippen molar-refractivity contribution in [1.82, 2.24) is 5.32 Å². The van der Waals surface area contributed by atoms with E-state index in [1.165, 1.54) is 18.2 Å². The Kier molecular flexibility index (Phi) is 3.81. The van der Waals surface area contributed by atoms with Crippen LogP contribution in [0.3, 0.4) is 0 Å². The van der Waals surface area contributed by atoms with E-state index in [1.54, 1.807) is 12.1 Å². The topological polar surface area (TPSA) is 58.2 Å². The summed E-state index contributed by atoms with van der Waals surface area (Å²) in [4.78, 5) is 0.221. The molecule has 4 rings (SSSR count). The molecule has 1 unspecified atom stereocenters. The van der Waals surface area contributed by atoms with Crippen LogP contribution in [0.1, 0.15) is 24.3 Å². The maximum Gasteiger partial charge on any atom is 0.206 e. The molecule has 126 valence electrons. The molecule has 0 amide bonds. The summed E-state index contributed by atoms with van der Waals surface area (Å²) in [5, 5.41) is 6.89. The predicted octanol–water partition coefficient (Wildman–Crippen LogP) is 2.92. The van der Waals surface area contributed by atoms with Gasteiger partial charge in [-0.15, -0.1) is 0 Å². The molecule has 4 nitrogen and oxygen atoms in total. The molecule has 2 aromatic carbocycles. The highest BCUT2D eigenvalue weighted by Gasteiger charge is 2.34. The third kappa shape index (κ3) is 2.59. The lowest BCUT2D eigenvalue weighted by molar-refractivity contribution is 0.576. The normalized spacial score (nSPS) is 23.0. The molecule has 24 heavy (non-hydrogen) atoms. The fourth-order valence-electron chi connectivity index (χ4n) is 3.70. The van der Waals surface area contributed by atoms with E-state index in [-0.39, 0.29) is 9.79 Å². The molecule has 0 spiro atoms. The minimum atomic E-state index is -3.71. The lowest BCUT2D eigenvalue weighted by Crippen LogP contribution is -2.21. The van der Waals surface area contributed by atoms with Crippen molar-refractivity contribution in [2.75, 3.05) is 18.4 Å². The summed E-state index contributed by atoms with van der Waals surface area (Å²) >= 11 is 0. The van der Waals surface area contributed by atoms with E-state index in [4.69, 9.17) is 0 Å². The largest absolute Gasteiger partial charge is 0.381 e. The van der Waals surface area contributed by atoms with Crippen LogP contribution in [-0.4, -0.2) is 27.5 Å². The zero-order chi connectivity index (χ0) is 16.7. The first kappa shape index (κ1) is 15.6. The van der Waals surface area contributed by atoms with E-state index >= 15 is 0 Å². The van der Waals surface area contributed by atoms with Gasteiger partial charge in [0.05, 0.1) is 9.79 Å². The molecule has 0 aliphatic carbocycles. The molecule has 6 heteroatoms. The van der Waals surface area contributed by atoms with E-state index in [9.17, 15) is 12.8 Å². The molecule has 0 bridgehead atoms. The Bertz CT molecular complexity index is 882. The summed E-state index contributed by atoms with van der Waals surface area (Å²) in [7, 11) is -3.71. The van der Waals surface area contributed by atoms with Gasteiger partial charge in [-0.25, -0.2) is 12.8 Å². The highest BCUT2D eigenvalue weighted by molar-refractivity contribution is 7.91. The minimum absolute atomic E-state index is 0.00695. The smallest absolute Gasteiger partial charge is 0.206 e. The molecule has 2 aromatic rings. The Balaban J connectivity index is 1.75. The van der Waals surface area contributed by atoms with Crippen molar-refractivity contribution in [1.29, 1.82) is 0 Å². The summed E-state index contributed by atoms with van der Waals surface area (Å²) in [6.07, 6.45) is 2.00. The van der Waals surface area contributed by atoms with Gasteiger partial charge in [-0.3, -0.25) is 0 Å². The van der Waals surface area contributed by atoms with E-state index in [0.717, 1.165) is 43.2 Å². The van der Waals surface area contributed by atoms with Crippen LogP contribution in [0.2, 0.25) is 0 Å². The van der Waals surface area contributed by atoms with Gasteiger partial charge in [0, 0.05) is 17.6 Å². The number of rotatable bonds is 2. The second-order valence-corrected chi connectivity index (χ2v) is 8.34. The van der Waals surface area contributed by atoms with Gasteiger partial charge in [-0.1, -0.05) is 6.07 Å². The van der Waals surface area contributed by atoms with Gasteiger partial charge in [0.15, 0.2) is 0 Å². The molecule has 0 aromatic heterocycles. The Labute approximate surface area is 141 Å². The van der Waals surface area contributed by atoms with Gasteiger partial charge < -0.3 is 10.6 Å². The lowest BCUT2D eigenvalue weighted by atomic mass is 9.91. The molecule has 2 heterocycles. The van der Waals surface area contributed by atoms with Crippen molar-refractivity contribution in [2.45, 2.75) is 34.6 Å². The number of benzene rings is 2. The second-order valence-electron chi connectivity index (χ2n) is 6.39. The molecule has 1 fully saturated rings. The number of sulfone groups is 1. The van der Waals surface area contributed by atoms with Crippen LogP contribution in [-0.2, 0) is 9.84 Å². The van der Waals surface area contributed by atoms with Gasteiger partial charge in [-0.2, -0.15) is 0 Å². The quantitative estimate of drug-likeness (QED) is 0.878. The zero-order valence-electron chi connectivity index (χ0n) is 13.1. The molecule has 2 aliphatic heterocycles. The summed E-state index contributed by atoms with van der Waals surface area (Å²) in [5.41, 5.74) is 2.08. The average Bonchev–Trinajstić information content (AvgIpc) is 2.75. The van der Waals surface area contributed by atoms with Gasteiger partial charge in [0.2, 0.25) is 9.84 Å². The van der Waals surface area contributed by atoms with Crippen molar-refractivity contribution in [3.05, 3.63) is 53.8 Å². The number of nitrogens with one attached hydrogen (secondary N) is 2. The molecule has 2 aliphatic rings. The highest BCUT2D eigenvalue weighted by Crippen LogP contribution is 2.41. The third-order valence-corrected chi connectivity index (χ3v) is 6.68. The fraction of sp³-hybridized carbons (Fsp3) is 0.333. The van der Waals surface area contributed by atoms with Crippen LogP contribution in [0.25, 0.3) is 0 Å². The Morgan fingerprint density at radius 3 is 2.62 bits per heavy atom. The monoisotopic (exact) mass is 346 g/mol. The molecular formula is C18H19FN2O2S. The summed E-state index contributed by atoms with van der Waals surface area (Å²) in [6, 6.07) is 10.7. The van der Waals surface area contributed by atoms with E-state index < -0.39 is 15.7 Å². The van der Waals surface area contributed by atoms with Crippen molar-refractivity contribution in [3.63, 3.8) is 0 Å². The van der Waals surface area contributed by atoms with Crippen LogP contribution in [0.4, 0.5) is 10.1 Å². The molecule has 0 radical (unpaired) electrons. The van der Waals surface area contributed by atoms with Gasteiger partial charge >= 0.3 is 0 Å². The maximum absolute atomic E-state index is 13.4. The first-order valence-corrected chi connectivity index (χ1v) is 9.66. The van der Waals surface area contributed by atoms with Crippen LogP contribution >= 0.6 is 0 Å². The maximum atomic E-state index is 13.4. The summed E-state index contributed by atoms with van der Waals surface area (Å²) < 4.78 is 39.0. The van der Waals surface area contributed by atoms with E-state index in [0.29, 0.717) is 12.0 Å². The second kappa shape index (κ2) is 5.86. The fourth-order valence-corrected chi connectivity index (χ4v) is 5.03. The first-order valence-electron chi connectivity index (χ1n) is 8.17. The van der Waals surface area contributed by atoms with Gasteiger partial charge in [0.1, 0.15) is 5.82 Å². The third-order valence-electron chi connectivity index (χ3n) is 4.93. The zero-order valence-corrected chi connectivity index (χ0v) is 13.9. The van der Waals surface area contributed by atoms with Gasteiger partial charge in [0.25, 0.3) is 0 Å². The Morgan fingerprint density at radius 1 is 1.00 bits per heavy atom. The van der Waals surface area contributed by atoms with E-state index in [2.05, 4.69) is 10.6 Å². The number of anilines is 1. The number of halogens is 1. The minimum Gasteiger partial charge on any atom is -0.381 e. The molecular weight excluding hydrogens is 327 g/mol. The first-order chi connectivity index (χ1) is 11.6. The van der Waals surface area contributed by atoms with E-state index in [1.807, 2.05) is 6.07 Å². The molecule has 1 saturated heterocycles. The summed E-state index contributed by atoms with van der Waals surface area (Å²) in [6.45, 7) is 1.90. The van der Waals surface area contributed by atoms with Crippen molar-refractivity contribution >= 4 is 15.5 Å². The predicted molar refractivity (Wildman–Crippen MR) is 90.5 cm³/mol. The standard InChI is InChI=1S/C18H19FN2O2S/c19-12-2-1-3-13(10-12)24(22,23)14-4-5-17-16(11-14)15-6-8-20-9-7-18(15)21-17/h1-5,10-11,15,18,20-21H,6-9H2/t15?,18-/m1/s1. The SMILES string of the molecule is O=S(=O)(c1cccc(F)c1)c1ccc2c(c1)C1CCNCC[C@H]1N2. The summed E-state index contributed by atoms with van der Waals surface area (Å²) in [5.74, 6) is -0.230. The Morgan fingerprint density at radius 2 is 1.79 bits per heavy atom. The highest BCUT2D eigenvalue weighted by atomic mass is 32.2.